The van der Waals surface area contributed by atoms with E-state index in [4.69, 9.17) is 4.99 Å². The van der Waals surface area contributed by atoms with Gasteiger partial charge in [-0.15, -0.1) is 0 Å². The van der Waals surface area contributed by atoms with Crippen molar-refractivity contribution in [1.82, 2.24) is 20.4 Å². The molecule has 1 aromatic heterocycles. The van der Waals surface area contributed by atoms with Crippen LogP contribution in [0.3, 0.4) is 0 Å². The fraction of sp³-hybridized carbons (Fsp3) is 0.778. The van der Waals surface area contributed by atoms with Crippen LogP contribution in [0.15, 0.2) is 17.3 Å². The minimum atomic E-state index is -2.84. The molecule has 1 saturated heterocycles. The van der Waals surface area contributed by atoms with Crippen LogP contribution in [0.2, 0.25) is 0 Å². The Labute approximate surface area is 155 Å². The van der Waals surface area contributed by atoms with Crippen molar-refractivity contribution in [3.8, 4) is 0 Å². The van der Waals surface area contributed by atoms with E-state index < -0.39 is 9.84 Å². The zero-order valence-corrected chi connectivity index (χ0v) is 16.2. The smallest absolute Gasteiger partial charge is 0.191 e. The third-order valence-corrected chi connectivity index (χ3v) is 8.10. The lowest BCUT2D eigenvalue weighted by atomic mass is 9.95. The molecule has 0 spiro atoms. The van der Waals surface area contributed by atoms with Gasteiger partial charge in [0.15, 0.2) is 15.8 Å². The molecule has 144 valence electrons. The molecule has 26 heavy (non-hydrogen) atoms. The first-order valence-corrected chi connectivity index (χ1v) is 11.5. The molecule has 4 rings (SSSR count). The van der Waals surface area contributed by atoms with Crippen LogP contribution < -0.4 is 10.6 Å². The van der Waals surface area contributed by atoms with E-state index in [1.165, 1.54) is 25.7 Å². The summed E-state index contributed by atoms with van der Waals surface area (Å²) in [4.78, 5) is 4.76. The zero-order chi connectivity index (χ0) is 18.1. The maximum atomic E-state index is 11.7. The van der Waals surface area contributed by atoms with Crippen molar-refractivity contribution >= 4 is 15.8 Å². The molecule has 4 atom stereocenters. The number of rotatable bonds is 5. The Kier molecular flexibility index (Phi) is 4.94. The number of hydrogen-bond donors (Lipinski definition) is 2. The first-order chi connectivity index (χ1) is 12.5. The zero-order valence-electron chi connectivity index (χ0n) is 15.4. The Balaban J connectivity index is 1.39. The highest BCUT2D eigenvalue weighted by Gasteiger charge is 2.40. The Bertz CT molecular complexity index is 772. The summed E-state index contributed by atoms with van der Waals surface area (Å²) in [6, 6.07) is 2.47. The molecule has 3 aliphatic rings. The van der Waals surface area contributed by atoms with Crippen molar-refractivity contribution in [2.75, 3.05) is 18.1 Å². The fourth-order valence-corrected chi connectivity index (χ4v) is 6.60. The molecule has 2 aliphatic carbocycles. The van der Waals surface area contributed by atoms with E-state index in [0.717, 1.165) is 29.9 Å². The van der Waals surface area contributed by atoms with E-state index in [1.54, 1.807) is 6.20 Å². The van der Waals surface area contributed by atoms with Crippen LogP contribution in [-0.4, -0.2) is 48.3 Å². The minimum absolute atomic E-state index is 0.184. The van der Waals surface area contributed by atoms with Crippen molar-refractivity contribution in [2.24, 2.45) is 29.8 Å². The van der Waals surface area contributed by atoms with Gasteiger partial charge in [0.2, 0.25) is 0 Å². The summed E-state index contributed by atoms with van der Waals surface area (Å²) >= 11 is 0. The molecule has 2 heterocycles. The average Bonchev–Trinajstić information content (AvgIpc) is 3.36. The molecule has 0 aromatic carbocycles. The lowest BCUT2D eigenvalue weighted by Crippen LogP contribution is -2.47. The number of sulfone groups is 1. The quantitative estimate of drug-likeness (QED) is 0.590. The molecule has 0 amide bonds. The Hall–Kier alpha value is -1.57. The van der Waals surface area contributed by atoms with Crippen LogP contribution in [0.25, 0.3) is 0 Å². The van der Waals surface area contributed by atoms with E-state index in [1.807, 2.05) is 17.8 Å². The van der Waals surface area contributed by atoms with Crippen molar-refractivity contribution in [3.05, 3.63) is 18.0 Å². The van der Waals surface area contributed by atoms with E-state index >= 15 is 0 Å². The molecular weight excluding hydrogens is 350 g/mol. The van der Waals surface area contributed by atoms with Gasteiger partial charge < -0.3 is 10.6 Å². The SMILES string of the molecule is Cn1nccc1CN=C(NCC1CCS(=O)(=O)C1)NC1CC2CCC1C2. The van der Waals surface area contributed by atoms with Crippen LogP contribution in [0, 0.1) is 17.8 Å². The first-order valence-electron chi connectivity index (χ1n) is 9.70. The van der Waals surface area contributed by atoms with Crippen molar-refractivity contribution in [2.45, 2.75) is 44.7 Å². The number of nitrogens with zero attached hydrogens (tertiary/aromatic N) is 3. The topological polar surface area (TPSA) is 88.4 Å². The molecule has 1 aromatic rings. The molecule has 8 heteroatoms. The Morgan fingerprint density at radius 2 is 2.23 bits per heavy atom. The molecule has 2 saturated carbocycles. The van der Waals surface area contributed by atoms with Gasteiger partial charge in [0.1, 0.15) is 0 Å². The summed E-state index contributed by atoms with van der Waals surface area (Å²) in [7, 11) is -0.917. The molecule has 3 fully saturated rings. The van der Waals surface area contributed by atoms with Gasteiger partial charge in [-0.25, -0.2) is 13.4 Å². The predicted octanol–water partition coefficient (Wildman–Crippen LogP) is 1.08. The van der Waals surface area contributed by atoms with E-state index in [9.17, 15) is 8.42 Å². The summed E-state index contributed by atoms with van der Waals surface area (Å²) in [5.41, 5.74) is 1.06. The van der Waals surface area contributed by atoms with Gasteiger partial charge >= 0.3 is 0 Å². The van der Waals surface area contributed by atoms with Crippen LogP contribution in [0.5, 0.6) is 0 Å². The van der Waals surface area contributed by atoms with Crippen LogP contribution in [0.1, 0.15) is 37.8 Å². The minimum Gasteiger partial charge on any atom is -0.356 e. The van der Waals surface area contributed by atoms with E-state index in [0.29, 0.717) is 30.6 Å². The number of aryl methyl sites for hydroxylation is 1. The summed E-state index contributed by atoms with van der Waals surface area (Å²) in [6.45, 7) is 1.23. The number of hydrogen-bond acceptors (Lipinski definition) is 4. The summed E-state index contributed by atoms with van der Waals surface area (Å²) in [6.07, 6.45) is 7.79. The lowest BCUT2D eigenvalue weighted by molar-refractivity contribution is 0.386. The van der Waals surface area contributed by atoms with Crippen LogP contribution in [0.4, 0.5) is 0 Å². The first kappa shape index (κ1) is 17.8. The highest BCUT2D eigenvalue weighted by atomic mass is 32.2. The van der Waals surface area contributed by atoms with E-state index in [2.05, 4.69) is 15.7 Å². The highest BCUT2D eigenvalue weighted by Crippen LogP contribution is 2.44. The van der Waals surface area contributed by atoms with Crippen molar-refractivity contribution in [1.29, 1.82) is 0 Å². The predicted molar refractivity (Wildman–Crippen MR) is 101 cm³/mol. The monoisotopic (exact) mass is 379 g/mol. The van der Waals surface area contributed by atoms with E-state index in [-0.39, 0.29) is 5.92 Å². The summed E-state index contributed by atoms with van der Waals surface area (Å²) in [5, 5.41) is 11.2. The molecule has 7 nitrogen and oxygen atoms in total. The normalized spacial score (nSPS) is 32.9. The van der Waals surface area contributed by atoms with Gasteiger partial charge in [-0.1, -0.05) is 6.42 Å². The van der Waals surface area contributed by atoms with Gasteiger partial charge in [0.25, 0.3) is 0 Å². The maximum Gasteiger partial charge on any atom is 0.191 e. The van der Waals surface area contributed by atoms with Gasteiger partial charge in [-0.3, -0.25) is 4.68 Å². The van der Waals surface area contributed by atoms with Crippen LogP contribution >= 0.6 is 0 Å². The number of aliphatic imine (C=N–C) groups is 1. The third kappa shape index (κ3) is 4.05. The Morgan fingerprint density at radius 3 is 2.85 bits per heavy atom. The summed E-state index contributed by atoms with van der Waals surface area (Å²) < 4.78 is 25.2. The van der Waals surface area contributed by atoms with Crippen LogP contribution in [-0.2, 0) is 23.4 Å². The summed E-state index contributed by atoms with van der Waals surface area (Å²) in [5.74, 6) is 3.24. The number of fused-ring (bicyclic) bond motifs is 2. The van der Waals surface area contributed by atoms with Gasteiger partial charge in [0, 0.05) is 25.8 Å². The fourth-order valence-electron chi connectivity index (χ4n) is 4.74. The third-order valence-electron chi connectivity index (χ3n) is 6.27. The standard InChI is InChI=1S/C18H29N5O2S/c1-23-16(4-6-21-23)11-20-18(19-10-14-5-7-26(24,25)12-14)22-17-9-13-2-3-15(17)8-13/h4,6,13-15,17H,2-3,5,7-12H2,1H3,(H2,19,20,22). The molecular formula is C18H29N5O2S. The van der Waals surface area contributed by atoms with Crippen molar-refractivity contribution < 1.29 is 8.42 Å². The number of nitrogens with one attached hydrogen (secondary N) is 2. The molecule has 2 bridgehead atoms. The van der Waals surface area contributed by atoms with Gasteiger partial charge in [-0.05, 0) is 49.5 Å². The Morgan fingerprint density at radius 1 is 1.35 bits per heavy atom. The second-order valence-corrected chi connectivity index (χ2v) is 10.4. The second kappa shape index (κ2) is 7.21. The second-order valence-electron chi connectivity index (χ2n) is 8.19. The number of aromatic nitrogens is 2. The highest BCUT2D eigenvalue weighted by molar-refractivity contribution is 7.91. The molecule has 1 aliphatic heterocycles. The maximum absolute atomic E-state index is 11.7. The lowest BCUT2D eigenvalue weighted by Gasteiger charge is -2.25. The van der Waals surface area contributed by atoms with Gasteiger partial charge in [0.05, 0.1) is 23.7 Å². The molecule has 4 unspecified atom stereocenters. The molecule has 0 radical (unpaired) electrons. The largest absolute Gasteiger partial charge is 0.356 e. The average molecular weight is 380 g/mol. The van der Waals surface area contributed by atoms with Crippen molar-refractivity contribution in [3.63, 3.8) is 0 Å². The molecule has 2 N–H and O–H groups in total. The number of guanidine groups is 1. The van der Waals surface area contributed by atoms with Gasteiger partial charge in [-0.2, -0.15) is 5.10 Å².